The molecule has 0 aliphatic carbocycles. The molecule has 7 nitrogen and oxygen atoms in total. The van der Waals surface area contributed by atoms with E-state index in [4.69, 9.17) is 10.2 Å². The zero-order valence-corrected chi connectivity index (χ0v) is 7.77. The number of aromatic amines is 2. The fourth-order valence-electron chi connectivity index (χ4n) is 1.27. The summed E-state index contributed by atoms with van der Waals surface area (Å²) in [5, 5.41) is 17.3. The first-order chi connectivity index (χ1) is 7.16. The molecule has 0 saturated heterocycles. The topological polar surface area (TPSA) is 115 Å². The first-order valence-corrected chi connectivity index (χ1v) is 4.45. The summed E-state index contributed by atoms with van der Waals surface area (Å²) in [6, 6.07) is 0. The predicted molar refractivity (Wildman–Crippen MR) is 51.1 cm³/mol. The van der Waals surface area contributed by atoms with Gasteiger partial charge in [-0.3, -0.25) is 4.79 Å². The highest BCUT2D eigenvalue weighted by Crippen LogP contribution is 2.02. The van der Waals surface area contributed by atoms with Crippen LogP contribution in [-0.2, 0) is 6.42 Å². The van der Waals surface area contributed by atoms with E-state index in [0.29, 0.717) is 17.0 Å². The minimum absolute atomic E-state index is 0.124. The molecule has 0 radical (unpaired) electrons. The van der Waals surface area contributed by atoms with E-state index in [0.717, 1.165) is 0 Å². The van der Waals surface area contributed by atoms with E-state index in [1.54, 1.807) is 0 Å². The van der Waals surface area contributed by atoms with E-state index >= 15 is 0 Å². The molecule has 2 rings (SSSR count). The molecule has 80 valence electrons. The van der Waals surface area contributed by atoms with Crippen LogP contribution in [0, 0.1) is 0 Å². The lowest BCUT2D eigenvalue weighted by Crippen LogP contribution is -2.14. The summed E-state index contributed by atoms with van der Waals surface area (Å²) in [6.45, 7) is 0. The number of hydrogen-bond acceptors (Lipinski definition) is 5. The third-order valence-electron chi connectivity index (χ3n) is 1.98. The Bertz CT molecular complexity index is 516. The van der Waals surface area contributed by atoms with Crippen molar-refractivity contribution in [1.82, 2.24) is 19.9 Å². The molecular weight excluding hydrogens is 200 g/mol. The van der Waals surface area contributed by atoms with Gasteiger partial charge in [0, 0.05) is 12.8 Å². The second-order valence-corrected chi connectivity index (χ2v) is 3.13. The molecule has 0 aliphatic rings. The van der Waals surface area contributed by atoms with E-state index in [1.165, 1.54) is 6.33 Å². The van der Waals surface area contributed by atoms with Gasteiger partial charge in [-0.05, 0) is 0 Å². The molecule has 0 bridgehead atoms. The van der Waals surface area contributed by atoms with Gasteiger partial charge in [0.2, 0.25) is 0 Å². The normalized spacial score (nSPS) is 11.4. The minimum Gasteiger partial charge on any atom is -0.368 e. The van der Waals surface area contributed by atoms with Crippen LogP contribution >= 0.6 is 0 Å². The maximum absolute atomic E-state index is 11.4. The second kappa shape index (κ2) is 3.79. The number of hydrogen-bond donors (Lipinski definition) is 4. The van der Waals surface area contributed by atoms with Gasteiger partial charge in [-0.25, -0.2) is 9.97 Å². The van der Waals surface area contributed by atoms with Crippen LogP contribution in [0.1, 0.15) is 12.2 Å². The molecule has 2 aromatic heterocycles. The standard InChI is InChI=1S/C8H10N4O3/c13-5(14)2-1-4-11-7-6(8(15)12-4)9-3-10-7/h3,5,13-14H,1-2H2,(H2,9,10,11,12,15). The van der Waals surface area contributed by atoms with Gasteiger partial charge in [0.15, 0.2) is 17.5 Å². The van der Waals surface area contributed by atoms with Gasteiger partial charge in [-0.1, -0.05) is 0 Å². The quantitative estimate of drug-likeness (QED) is 0.479. The van der Waals surface area contributed by atoms with Gasteiger partial charge in [-0.15, -0.1) is 0 Å². The summed E-state index contributed by atoms with van der Waals surface area (Å²) in [6.07, 6.45) is 0.400. The number of aliphatic hydroxyl groups excluding tert-OH is 1. The van der Waals surface area contributed by atoms with Crippen molar-refractivity contribution >= 4 is 11.2 Å². The van der Waals surface area contributed by atoms with Crippen LogP contribution in [-0.4, -0.2) is 36.4 Å². The SMILES string of the molecule is O=c1[nH]c(CCC(O)O)nc2nc[nH]c12. The zero-order chi connectivity index (χ0) is 10.8. The van der Waals surface area contributed by atoms with E-state index < -0.39 is 6.29 Å². The maximum atomic E-state index is 11.4. The van der Waals surface area contributed by atoms with Crippen molar-refractivity contribution in [3.63, 3.8) is 0 Å². The summed E-state index contributed by atoms with van der Waals surface area (Å²) < 4.78 is 0. The molecule has 15 heavy (non-hydrogen) atoms. The average Bonchev–Trinajstić information content (AvgIpc) is 2.63. The molecular formula is C8H10N4O3. The van der Waals surface area contributed by atoms with Crippen molar-refractivity contribution in [3.05, 3.63) is 22.5 Å². The van der Waals surface area contributed by atoms with E-state index in [-0.39, 0.29) is 18.4 Å². The number of aromatic nitrogens is 4. The van der Waals surface area contributed by atoms with Crippen LogP contribution in [0.5, 0.6) is 0 Å². The van der Waals surface area contributed by atoms with Crippen LogP contribution in [0.2, 0.25) is 0 Å². The molecule has 0 amide bonds. The molecule has 2 aromatic rings. The predicted octanol–water partition coefficient (Wildman–Crippen LogP) is -1.11. The monoisotopic (exact) mass is 210 g/mol. The lowest BCUT2D eigenvalue weighted by Gasteiger charge is -2.02. The third kappa shape index (κ3) is 2.03. The molecule has 0 fully saturated rings. The summed E-state index contributed by atoms with van der Waals surface area (Å²) >= 11 is 0. The summed E-state index contributed by atoms with van der Waals surface area (Å²) in [4.78, 5) is 24.5. The number of nitrogens with one attached hydrogen (secondary N) is 2. The van der Waals surface area contributed by atoms with Gasteiger partial charge in [0.05, 0.1) is 6.33 Å². The fraction of sp³-hybridized carbons (Fsp3) is 0.375. The first kappa shape index (κ1) is 9.81. The maximum Gasteiger partial charge on any atom is 0.276 e. The van der Waals surface area contributed by atoms with Gasteiger partial charge < -0.3 is 20.2 Å². The van der Waals surface area contributed by atoms with Crippen molar-refractivity contribution < 1.29 is 10.2 Å². The highest BCUT2D eigenvalue weighted by molar-refractivity contribution is 5.67. The molecule has 0 aromatic carbocycles. The Balaban J connectivity index is 2.33. The van der Waals surface area contributed by atoms with Gasteiger partial charge in [-0.2, -0.15) is 0 Å². The lowest BCUT2D eigenvalue weighted by molar-refractivity contribution is -0.0450. The van der Waals surface area contributed by atoms with Gasteiger partial charge in [0.1, 0.15) is 5.82 Å². The Hall–Kier alpha value is -1.73. The molecule has 0 unspecified atom stereocenters. The highest BCUT2D eigenvalue weighted by atomic mass is 16.5. The van der Waals surface area contributed by atoms with Crippen LogP contribution in [0.4, 0.5) is 0 Å². The largest absolute Gasteiger partial charge is 0.368 e. The summed E-state index contributed by atoms with van der Waals surface area (Å²) in [7, 11) is 0. The lowest BCUT2D eigenvalue weighted by atomic mass is 10.3. The number of H-pyrrole nitrogens is 2. The van der Waals surface area contributed by atoms with Crippen LogP contribution in [0.3, 0.4) is 0 Å². The Kier molecular flexibility index (Phi) is 2.48. The minimum atomic E-state index is -1.40. The fourth-order valence-corrected chi connectivity index (χ4v) is 1.27. The summed E-state index contributed by atoms with van der Waals surface area (Å²) in [5.74, 6) is 0.396. The molecule has 7 heteroatoms. The number of fused-ring (bicyclic) bond motifs is 1. The molecule has 0 saturated carbocycles. The first-order valence-electron chi connectivity index (χ1n) is 4.45. The smallest absolute Gasteiger partial charge is 0.276 e. The Labute approximate surface area is 83.8 Å². The second-order valence-electron chi connectivity index (χ2n) is 3.13. The Morgan fingerprint density at radius 1 is 1.47 bits per heavy atom. The summed E-state index contributed by atoms with van der Waals surface area (Å²) in [5.41, 5.74) is 0.351. The molecule has 0 aliphatic heterocycles. The number of nitrogens with zero attached hydrogens (tertiary/aromatic N) is 2. The molecule has 0 atom stereocenters. The molecule has 2 heterocycles. The van der Waals surface area contributed by atoms with Crippen LogP contribution in [0.15, 0.2) is 11.1 Å². The third-order valence-corrected chi connectivity index (χ3v) is 1.98. The van der Waals surface area contributed by atoms with E-state index in [2.05, 4.69) is 19.9 Å². The van der Waals surface area contributed by atoms with E-state index in [1.807, 2.05) is 0 Å². The van der Waals surface area contributed by atoms with Crippen molar-refractivity contribution in [2.75, 3.05) is 0 Å². The average molecular weight is 210 g/mol. The number of aliphatic hydroxyl groups is 2. The van der Waals surface area contributed by atoms with Crippen LogP contribution in [0.25, 0.3) is 11.2 Å². The Morgan fingerprint density at radius 2 is 2.27 bits per heavy atom. The van der Waals surface area contributed by atoms with Crippen molar-refractivity contribution in [1.29, 1.82) is 0 Å². The number of imidazole rings is 1. The van der Waals surface area contributed by atoms with Gasteiger partial charge in [0.25, 0.3) is 5.56 Å². The van der Waals surface area contributed by atoms with Crippen molar-refractivity contribution in [3.8, 4) is 0 Å². The van der Waals surface area contributed by atoms with Crippen LogP contribution < -0.4 is 5.56 Å². The molecule has 4 N–H and O–H groups in total. The zero-order valence-electron chi connectivity index (χ0n) is 7.77. The molecule has 0 spiro atoms. The number of aryl methyl sites for hydroxylation is 1. The number of rotatable bonds is 3. The Morgan fingerprint density at radius 3 is 3.00 bits per heavy atom. The highest BCUT2D eigenvalue weighted by Gasteiger charge is 2.06. The van der Waals surface area contributed by atoms with Crippen molar-refractivity contribution in [2.24, 2.45) is 0 Å². The van der Waals surface area contributed by atoms with Gasteiger partial charge >= 0.3 is 0 Å². The van der Waals surface area contributed by atoms with Crippen molar-refractivity contribution in [2.45, 2.75) is 19.1 Å². The van der Waals surface area contributed by atoms with E-state index in [9.17, 15) is 4.79 Å².